The van der Waals surface area contributed by atoms with Crippen LogP contribution in [0.2, 0.25) is 0 Å². The highest BCUT2D eigenvalue weighted by molar-refractivity contribution is 7.39. The maximum Gasteiger partial charge on any atom is 0.508 e. The van der Waals surface area contributed by atoms with Crippen LogP contribution in [-0.2, 0) is 21.8 Å². The van der Waals surface area contributed by atoms with Crippen LogP contribution < -0.4 is 4.74 Å². The molecule has 6 nitrogen and oxygen atoms in total. The smallest absolute Gasteiger partial charge is 0.493 e. The van der Waals surface area contributed by atoms with E-state index in [9.17, 15) is 26.5 Å². The molecule has 0 saturated heterocycles. The molecule has 0 aromatic heterocycles. The number of hydrogen-bond acceptors (Lipinski definition) is 5. The number of nitrogens with zero attached hydrogens (tertiary/aromatic N) is 3. The number of imidazole rings is 1. The van der Waals surface area contributed by atoms with Crippen molar-refractivity contribution < 1.29 is 35.8 Å². The number of aromatic nitrogens is 3. The summed E-state index contributed by atoms with van der Waals surface area (Å²) in [6.45, 7) is 2.56. The second kappa shape index (κ2) is 13.0. The molecule has 0 saturated carbocycles. The van der Waals surface area contributed by atoms with Gasteiger partial charge in [0.1, 0.15) is 11.4 Å². The molecule has 3 aromatic rings. The lowest BCUT2D eigenvalue weighted by molar-refractivity contribution is -0.137. The number of benzene rings is 3. The number of fused-ring (bicyclic) bond motifs is 1. The lowest BCUT2D eigenvalue weighted by atomic mass is 9.98. The largest absolute Gasteiger partial charge is 0.508 e. The van der Waals surface area contributed by atoms with Crippen molar-refractivity contribution in [3.63, 3.8) is 0 Å². The monoisotopic (exact) mass is 614 g/mol. The third kappa shape index (κ3) is 7.24. The van der Waals surface area contributed by atoms with Crippen molar-refractivity contribution in [2.75, 3.05) is 19.4 Å². The molecule has 0 N–H and O–H groups in total. The maximum absolute atomic E-state index is 14.2. The lowest BCUT2D eigenvalue weighted by Crippen LogP contribution is -2.08. The zero-order chi connectivity index (χ0) is 30.6. The van der Waals surface area contributed by atoms with Crippen LogP contribution in [0.5, 0.6) is 5.75 Å². The summed E-state index contributed by atoms with van der Waals surface area (Å²) >= 11 is 0. The standard InChI is InChI=1S/C31H26F5N3O3P/c1-2-42-43(40)16-4-15-41-22-11-12-23(25(17-22)31(34,35)36)21-9-7-20(8-10-21)18-39-14-13-27-28(19-39)38-30(37-27)24-5-3-6-26(32)29(24)33/h3,5-14,17,19H,2,4,15-16,18H2,1H3/q+1. The van der Waals surface area contributed by atoms with Crippen LogP contribution in [0.3, 0.4) is 0 Å². The van der Waals surface area contributed by atoms with Crippen molar-refractivity contribution in [1.29, 1.82) is 0 Å². The second-order valence-electron chi connectivity index (χ2n) is 9.61. The number of halogens is 5. The fraction of sp³-hybridized carbons (Fsp3) is 0.226. The summed E-state index contributed by atoms with van der Waals surface area (Å²) in [5, 5.41) is 0. The van der Waals surface area contributed by atoms with Crippen LogP contribution >= 0.6 is 8.03 Å². The number of pyridine rings is 1. The highest BCUT2D eigenvalue weighted by atomic mass is 31.1. The lowest BCUT2D eigenvalue weighted by Gasteiger charge is -2.16. The molecule has 12 heteroatoms. The van der Waals surface area contributed by atoms with Gasteiger partial charge in [0, 0.05) is 25.4 Å². The first-order valence-electron chi connectivity index (χ1n) is 13.4. The molecule has 0 radical (unpaired) electrons. The molecule has 2 aliphatic rings. The van der Waals surface area contributed by atoms with Gasteiger partial charge in [0.25, 0.3) is 0 Å². The minimum Gasteiger partial charge on any atom is -0.493 e. The Kier molecular flexibility index (Phi) is 9.13. The fourth-order valence-corrected chi connectivity index (χ4v) is 5.34. The number of alkyl halides is 3. The SMILES string of the molecule is CCO[P+](=O)CCCOc1ccc(-c2ccc(Cn3ccc4nc(-c5cccc(F)c5F)nc-4c3)cc2)c(C(F)(F)F)c1. The minimum absolute atomic E-state index is 0.0177. The fourth-order valence-electron chi connectivity index (χ4n) is 4.54. The molecule has 2 heterocycles. The molecular weight excluding hydrogens is 588 g/mol. The molecule has 3 aromatic carbocycles. The summed E-state index contributed by atoms with van der Waals surface area (Å²) in [6.07, 6.45) is -0.485. The normalized spacial score (nSPS) is 12.1. The van der Waals surface area contributed by atoms with Gasteiger partial charge < -0.3 is 9.30 Å². The van der Waals surface area contributed by atoms with Crippen molar-refractivity contribution >= 4 is 8.03 Å². The van der Waals surface area contributed by atoms with Gasteiger partial charge in [0.15, 0.2) is 23.6 Å². The van der Waals surface area contributed by atoms with E-state index in [0.717, 1.165) is 17.7 Å². The highest BCUT2D eigenvalue weighted by Gasteiger charge is 2.34. The topological polar surface area (TPSA) is 66.2 Å². The van der Waals surface area contributed by atoms with Gasteiger partial charge >= 0.3 is 14.2 Å². The molecule has 1 unspecified atom stereocenters. The van der Waals surface area contributed by atoms with Crippen molar-refractivity contribution in [2.45, 2.75) is 26.1 Å². The second-order valence-corrected chi connectivity index (χ2v) is 11.0. The third-order valence-corrected chi connectivity index (χ3v) is 7.80. The Balaban J connectivity index is 1.30. The average Bonchev–Trinajstić information content (AvgIpc) is 3.40. The Morgan fingerprint density at radius 1 is 0.930 bits per heavy atom. The Bertz CT molecular complexity index is 1710. The van der Waals surface area contributed by atoms with E-state index in [1.807, 2.05) is 4.57 Å². The van der Waals surface area contributed by atoms with Gasteiger partial charge in [-0.2, -0.15) is 13.2 Å². The first-order valence-corrected chi connectivity index (χ1v) is 14.8. The van der Waals surface area contributed by atoms with Gasteiger partial charge in [-0.05, 0) is 58.5 Å². The Labute approximate surface area is 245 Å². The van der Waals surface area contributed by atoms with E-state index in [1.165, 1.54) is 24.3 Å². The first kappa shape index (κ1) is 30.3. The highest BCUT2D eigenvalue weighted by Crippen LogP contribution is 2.39. The van der Waals surface area contributed by atoms with Gasteiger partial charge in [0.05, 0.1) is 30.0 Å². The number of rotatable bonds is 11. The summed E-state index contributed by atoms with van der Waals surface area (Å²) in [7, 11) is -1.80. The molecule has 0 amide bonds. The molecule has 222 valence electrons. The first-order chi connectivity index (χ1) is 20.6. The van der Waals surface area contributed by atoms with Crippen molar-refractivity contribution in [2.24, 2.45) is 0 Å². The van der Waals surface area contributed by atoms with E-state index in [1.54, 1.807) is 49.6 Å². The van der Waals surface area contributed by atoms with Gasteiger partial charge in [-0.25, -0.2) is 18.7 Å². The molecular formula is C31H26F5N3O3P+. The summed E-state index contributed by atoms with van der Waals surface area (Å²) in [6, 6.07) is 16.1. The maximum atomic E-state index is 14.2. The van der Waals surface area contributed by atoms with Crippen LogP contribution in [0.25, 0.3) is 33.9 Å². The Hall–Kier alpha value is -4.21. The molecule has 2 aliphatic heterocycles. The minimum atomic E-state index is -4.61. The predicted molar refractivity (Wildman–Crippen MR) is 152 cm³/mol. The number of ether oxygens (including phenoxy) is 1. The van der Waals surface area contributed by atoms with Crippen molar-refractivity contribution in [3.05, 3.63) is 102 Å². The van der Waals surface area contributed by atoms with E-state index in [0.29, 0.717) is 36.5 Å². The van der Waals surface area contributed by atoms with Gasteiger partial charge in [-0.15, -0.1) is 4.52 Å². The van der Waals surface area contributed by atoms with E-state index in [4.69, 9.17) is 9.26 Å². The van der Waals surface area contributed by atoms with E-state index in [-0.39, 0.29) is 35.5 Å². The third-order valence-electron chi connectivity index (χ3n) is 6.57. The summed E-state index contributed by atoms with van der Waals surface area (Å²) < 4.78 is 93.7. The van der Waals surface area contributed by atoms with Gasteiger partial charge in [-0.3, -0.25) is 0 Å². The van der Waals surface area contributed by atoms with Gasteiger partial charge in [0.2, 0.25) is 0 Å². The Morgan fingerprint density at radius 3 is 2.44 bits per heavy atom. The zero-order valence-electron chi connectivity index (χ0n) is 22.9. The van der Waals surface area contributed by atoms with E-state index in [2.05, 4.69) is 9.97 Å². The van der Waals surface area contributed by atoms with E-state index < -0.39 is 31.4 Å². The molecule has 0 fully saturated rings. The molecule has 0 bridgehead atoms. The molecule has 43 heavy (non-hydrogen) atoms. The average molecular weight is 615 g/mol. The van der Waals surface area contributed by atoms with Crippen LogP contribution in [0.15, 0.2) is 79.1 Å². The van der Waals surface area contributed by atoms with Crippen LogP contribution in [0, 0.1) is 11.6 Å². The predicted octanol–water partition coefficient (Wildman–Crippen LogP) is 8.61. The molecule has 0 aliphatic carbocycles. The van der Waals surface area contributed by atoms with Crippen LogP contribution in [0.1, 0.15) is 24.5 Å². The summed E-state index contributed by atoms with van der Waals surface area (Å²) in [4.78, 5) is 8.64. The summed E-state index contributed by atoms with van der Waals surface area (Å²) in [5.41, 5.74) is 1.37. The Morgan fingerprint density at radius 2 is 1.70 bits per heavy atom. The van der Waals surface area contributed by atoms with Crippen molar-refractivity contribution in [1.82, 2.24) is 14.5 Å². The molecule has 1 atom stereocenters. The number of hydrogen-bond donors (Lipinski definition) is 0. The molecule has 5 rings (SSSR count). The van der Waals surface area contributed by atoms with Crippen LogP contribution in [0.4, 0.5) is 22.0 Å². The summed E-state index contributed by atoms with van der Waals surface area (Å²) in [5.74, 6) is -1.86. The van der Waals surface area contributed by atoms with Crippen LogP contribution in [-0.4, -0.2) is 33.9 Å². The van der Waals surface area contributed by atoms with Crippen molar-refractivity contribution in [3.8, 4) is 39.7 Å². The van der Waals surface area contributed by atoms with Gasteiger partial charge in [-0.1, -0.05) is 36.4 Å². The zero-order valence-corrected chi connectivity index (χ0v) is 23.8. The quantitative estimate of drug-likeness (QED) is 0.0847. The molecule has 0 spiro atoms. The van der Waals surface area contributed by atoms with E-state index >= 15 is 0 Å².